The molecule has 0 spiro atoms. The van der Waals surface area contributed by atoms with Crippen LogP contribution in [0.5, 0.6) is 5.75 Å². The van der Waals surface area contributed by atoms with E-state index in [4.69, 9.17) is 10.5 Å². The molecule has 3 rings (SSSR count). The normalized spacial score (nSPS) is 17.1. The highest BCUT2D eigenvalue weighted by atomic mass is 19.1. The molecule has 0 fully saturated rings. The molecule has 1 amide bonds. The van der Waals surface area contributed by atoms with Crippen molar-refractivity contribution in [3.05, 3.63) is 53.8 Å². The molecule has 0 saturated carbocycles. The number of nitrogens with zero attached hydrogens (tertiary/aromatic N) is 1. The van der Waals surface area contributed by atoms with E-state index in [0.29, 0.717) is 30.1 Å². The van der Waals surface area contributed by atoms with Gasteiger partial charge in [0.1, 0.15) is 11.6 Å². The Bertz CT molecular complexity index is 700. The summed E-state index contributed by atoms with van der Waals surface area (Å²) in [6, 6.07) is 11.4. The highest BCUT2D eigenvalue weighted by Crippen LogP contribution is 2.37. The molecule has 0 radical (unpaired) electrons. The van der Waals surface area contributed by atoms with Gasteiger partial charge < -0.3 is 15.4 Å². The Kier molecular flexibility index (Phi) is 3.71. The minimum absolute atomic E-state index is 0.107. The van der Waals surface area contributed by atoms with Gasteiger partial charge in [-0.2, -0.15) is 0 Å². The highest BCUT2D eigenvalue weighted by molar-refractivity contribution is 6.00. The first-order chi connectivity index (χ1) is 10.6. The Morgan fingerprint density at radius 2 is 1.95 bits per heavy atom. The van der Waals surface area contributed by atoms with Gasteiger partial charge in [-0.15, -0.1) is 0 Å². The Morgan fingerprint density at radius 1 is 1.23 bits per heavy atom. The van der Waals surface area contributed by atoms with E-state index in [1.54, 1.807) is 35.2 Å². The number of fused-ring (bicyclic) bond motifs is 1. The van der Waals surface area contributed by atoms with E-state index in [0.717, 1.165) is 5.56 Å². The molecule has 1 aliphatic rings. The van der Waals surface area contributed by atoms with Gasteiger partial charge in [0.05, 0.1) is 12.2 Å². The Morgan fingerprint density at radius 3 is 2.64 bits per heavy atom. The van der Waals surface area contributed by atoms with Gasteiger partial charge in [-0.1, -0.05) is 19.1 Å². The zero-order chi connectivity index (χ0) is 15.7. The van der Waals surface area contributed by atoms with Gasteiger partial charge in [-0.05, 0) is 42.3 Å². The van der Waals surface area contributed by atoms with Crippen LogP contribution in [-0.2, 0) is 11.3 Å². The maximum absolute atomic E-state index is 13.0. The minimum Gasteiger partial charge on any atom is -0.478 e. The number of rotatable bonds is 3. The van der Waals surface area contributed by atoms with E-state index in [1.165, 1.54) is 12.1 Å². The lowest BCUT2D eigenvalue weighted by Crippen LogP contribution is -2.45. The largest absolute Gasteiger partial charge is 0.478 e. The minimum atomic E-state index is -0.503. The van der Waals surface area contributed by atoms with Crippen LogP contribution in [0.2, 0.25) is 0 Å². The van der Waals surface area contributed by atoms with Crippen LogP contribution in [0.3, 0.4) is 0 Å². The molecule has 114 valence electrons. The summed E-state index contributed by atoms with van der Waals surface area (Å²) in [6.07, 6.45) is 0.0827. The smallest absolute Gasteiger partial charge is 0.268 e. The number of anilines is 2. The summed E-state index contributed by atoms with van der Waals surface area (Å²) in [5.41, 5.74) is 7.89. The molecule has 1 aliphatic heterocycles. The van der Waals surface area contributed by atoms with Crippen LogP contribution < -0.4 is 15.4 Å². The van der Waals surface area contributed by atoms with Crippen LogP contribution >= 0.6 is 0 Å². The molecular weight excluding hydrogens is 283 g/mol. The fourth-order valence-corrected chi connectivity index (χ4v) is 2.53. The van der Waals surface area contributed by atoms with Crippen molar-refractivity contribution in [3.8, 4) is 5.75 Å². The van der Waals surface area contributed by atoms with Gasteiger partial charge in [0.25, 0.3) is 5.91 Å². The molecule has 0 unspecified atom stereocenters. The Hall–Kier alpha value is -2.56. The standard InChI is InChI=1S/C17H17FN2O2/c1-2-15-17(21)20(10-11-3-5-12(18)6-4-11)14-9-13(19)7-8-16(14)22-15/h3-9,15H,2,10,19H2,1H3/t15-/m0/s1. The number of hydrogen-bond acceptors (Lipinski definition) is 3. The Balaban J connectivity index is 1.98. The molecule has 2 aromatic carbocycles. The quantitative estimate of drug-likeness (QED) is 0.886. The number of nitrogen functional groups attached to an aromatic ring is 1. The van der Waals surface area contributed by atoms with Crippen LogP contribution in [0.4, 0.5) is 15.8 Å². The van der Waals surface area contributed by atoms with Crippen LogP contribution in [0, 0.1) is 5.82 Å². The molecule has 0 saturated heterocycles. The maximum atomic E-state index is 13.0. The third-order valence-corrected chi connectivity index (χ3v) is 3.71. The van der Waals surface area contributed by atoms with Crippen molar-refractivity contribution in [2.45, 2.75) is 26.0 Å². The van der Waals surface area contributed by atoms with Crippen molar-refractivity contribution in [2.75, 3.05) is 10.6 Å². The number of benzene rings is 2. The molecule has 1 heterocycles. The first-order valence-corrected chi connectivity index (χ1v) is 7.20. The second-order valence-electron chi connectivity index (χ2n) is 5.29. The molecule has 22 heavy (non-hydrogen) atoms. The van der Waals surface area contributed by atoms with Crippen molar-refractivity contribution in [3.63, 3.8) is 0 Å². The number of halogens is 1. The molecule has 1 atom stereocenters. The molecule has 5 heteroatoms. The lowest BCUT2D eigenvalue weighted by atomic mass is 10.1. The van der Waals surface area contributed by atoms with E-state index < -0.39 is 6.10 Å². The van der Waals surface area contributed by atoms with Crippen LogP contribution in [0.1, 0.15) is 18.9 Å². The monoisotopic (exact) mass is 300 g/mol. The van der Waals surface area contributed by atoms with Gasteiger partial charge in [0.15, 0.2) is 6.10 Å². The average molecular weight is 300 g/mol. The second kappa shape index (κ2) is 5.67. The molecule has 0 aromatic heterocycles. The van der Waals surface area contributed by atoms with Gasteiger partial charge in [0, 0.05) is 5.69 Å². The number of amides is 1. The van der Waals surface area contributed by atoms with Crippen molar-refractivity contribution >= 4 is 17.3 Å². The molecule has 0 bridgehead atoms. The number of hydrogen-bond donors (Lipinski definition) is 1. The molecule has 2 aromatic rings. The van der Waals surface area contributed by atoms with Gasteiger partial charge in [-0.3, -0.25) is 4.79 Å². The molecule has 2 N–H and O–H groups in total. The fraction of sp³-hybridized carbons (Fsp3) is 0.235. The van der Waals surface area contributed by atoms with Gasteiger partial charge in [-0.25, -0.2) is 4.39 Å². The highest BCUT2D eigenvalue weighted by Gasteiger charge is 2.33. The predicted molar refractivity (Wildman–Crippen MR) is 83.2 cm³/mol. The van der Waals surface area contributed by atoms with Crippen molar-refractivity contribution in [1.82, 2.24) is 0 Å². The van der Waals surface area contributed by atoms with Gasteiger partial charge >= 0.3 is 0 Å². The summed E-state index contributed by atoms with van der Waals surface area (Å²) < 4.78 is 18.8. The van der Waals surface area contributed by atoms with E-state index >= 15 is 0 Å². The number of carbonyl (C=O) groups excluding carboxylic acids is 1. The molecular formula is C17H17FN2O2. The zero-order valence-electron chi connectivity index (χ0n) is 12.3. The number of carbonyl (C=O) groups is 1. The SMILES string of the molecule is CC[C@@H]1Oc2ccc(N)cc2N(Cc2ccc(F)cc2)C1=O. The zero-order valence-corrected chi connectivity index (χ0v) is 12.3. The fourth-order valence-electron chi connectivity index (χ4n) is 2.53. The third-order valence-electron chi connectivity index (χ3n) is 3.71. The van der Waals surface area contributed by atoms with E-state index in [-0.39, 0.29) is 11.7 Å². The average Bonchev–Trinajstić information content (AvgIpc) is 2.52. The summed E-state index contributed by atoms with van der Waals surface area (Å²) in [5, 5.41) is 0. The van der Waals surface area contributed by atoms with Gasteiger partial charge in [0.2, 0.25) is 0 Å². The number of ether oxygens (including phenoxy) is 1. The maximum Gasteiger partial charge on any atom is 0.268 e. The first kappa shape index (κ1) is 14.4. The second-order valence-corrected chi connectivity index (χ2v) is 5.29. The summed E-state index contributed by atoms with van der Waals surface area (Å²) in [7, 11) is 0. The molecule has 4 nitrogen and oxygen atoms in total. The molecule has 0 aliphatic carbocycles. The lowest BCUT2D eigenvalue weighted by molar-refractivity contribution is -0.126. The summed E-state index contributed by atoms with van der Waals surface area (Å²) >= 11 is 0. The van der Waals surface area contributed by atoms with Crippen LogP contribution in [0.25, 0.3) is 0 Å². The third kappa shape index (κ3) is 2.62. The topological polar surface area (TPSA) is 55.6 Å². The predicted octanol–water partition coefficient (Wildman–Crippen LogP) is 3.11. The van der Waals surface area contributed by atoms with Crippen LogP contribution in [0.15, 0.2) is 42.5 Å². The van der Waals surface area contributed by atoms with E-state index in [2.05, 4.69) is 0 Å². The van der Waals surface area contributed by atoms with E-state index in [9.17, 15) is 9.18 Å². The lowest BCUT2D eigenvalue weighted by Gasteiger charge is -2.34. The van der Waals surface area contributed by atoms with Crippen molar-refractivity contribution in [2.24, 2.45) is 0 Å². The number of nitrogens with two attached hydrogens (primary N) is 1. The van der Waals surface area contributed by atoms with Crippen molar-refractivity contribution in [1.29, 1.82) is 0 Å². The summed E-state index contributed by atoms with van der Waals surface area (Å²) in [6.45, 7) is 2.26. The van der Waals surface area contributed by atoms with Crippen molar-refractivity contribution < 1.29 is 13.9 Å². The van der Waals surface area contributed by atoms with Crippen LogP contribution in [-0.4, -0.2) is 12.0 Å². The van der Waals surface area contributed by atoms with E-state index in [1.807, 2.05) is 6.92 Å². The summed E-state index contributed by atoms with van der Waals surface area (Å²) in [5.74, 6) is 0.237. The summed E-state index contributed by atoms with van der Waals surface area (Å²) in [4.78, 5) is 14.2. The Labute approximate surface area is 128 Å². The first-order valence-electron chi connectivity index (χ1n) is 7.20.